The van der Waals surface area contributed by atoms with Crippen molar-refractivity contribution < 1.29 is 4.42 Å². The van der Waals surface area contributed by atoms with Crippen molar-refractivity contribution in [2.75, 3.05) is 11.9 Å². The monoisotopic (exact) mass is 136 g/mol. The van der Waals surface area contributed by atoms with Crippen LogP contribution >= 0.6 is 0 Å². The van der Waals surface area contributed by atoms with Crippen molar-refractivity contribution in [2.45, 2.75) is 6.92 Å². The van der Waals surface area contributed by atoms with Gasteiger partial charge >= 0.3 is 0 Å². The molecule has 0 radical (unpaired) electrons. The molecule has 52 valence electrons. The maximum Gasteiger partial charge on any atom is 0.193 e. The summed E-state index contributed by atoms with van der Waals surface area (Å²) in [6.45, 7) is 2.69. The molecule has 0 spiro atoms. The summed E-state index contributed by atoms with van der Waals surface area (Å²) >= 11 is 0. The molecule has 0 aromatic carbocycles. The number of aryl methyl sites for hydroxylation is 1. The number of anilines is 1. The largest absolute Gasteiger partial charge is 0.439 e. The minimum absolute atomic E-state index is 0.712. The number of nitrogens with zero attached hydrogens (tertiary/aromatic N) is 1. The fraction of sp³-hybridized carbons (Fsp3) is 0.286. The molecule has 3 nitrogen and oxygen atoms in total. The van der Waals surface area contributed by atoms with E-state index in [0.29, 0.717) is 5.89 Å². The lowest BCUT2D eigenvalue weighted by atomic mass is 10.3. The highest BCUT2D eigenvalue weighted by Gasteiger charge is 2.09. The zero-order chi connectivity index (χ0) is 6.97. The molecule has 0 fully saturated rings. The first-order valence-electron chi connectivity index (χ1n) is 3.24. The third-order valence-electron chi connectivity index (χ3n) is 1.42. The second-order valence-corrected chi connectivity index (χ2v) is 2.23. The van der Waals surface area contributed by atoms with Gasteiger partial charge in [0.25, 0.3) is 0 Å². The fourth-order valence-corrected chi connectivity index (χ4v) is 1.00. The van der Waals surface area contributed by atoms with E-state index in [1.54, 1.807) is 0 Å². The normalized spacial score (nSPS) is 14.5. The summed E-state index contributed by atoms with van der Waals surface area (Å²) in [6.07, 6.45) is 3.94. The Balaban J connectivity index is 2.53. The number of fused-ring (bicyclic) bond motifs is 1. The second-order valence-electron chi connectivity index (χ2n) is 2.23. The molecule has 0 bridgehead atoms. The molecule has 1 N–H and O–H groups in total. The predicted molar refractivity (Wildman–Crippen MR) is 38.8 cm³/mol. The molecular formula is C7H8N2O. The summed E-state index contributed by atoms with van der Waals surface area (Å²) in [5.41, 5.74) is 0. The first-order valence-corrected chi connectivity index (χ1v) is 3.24. The van der Waals surface area contributed by atoms with Gasteiger partial charge in [-0.2, -0.15) is 4.98 Å². The maximum atomic E-state index is 5.25. The topological polar surface area (TPSA) is 38.1 Å². The van der Waals surface area contributed by atoms with E-state index in [2.05, 4.69) is 10.3 Å². The number of hydrogen-bond donors (Lipinski definition) is 1. The summed E-state index contributed by atoms with van der Waals surface area (Å²) in [5.74, 6) is 2.41. The highest BCUT2D eigenvalue weighted by atomic mass is 16.4. The van der Waals surface area contributed by atoms with Crippen LogP contribution in [0.4, 0.5) is 5.82 Å². The lowest BCUT2D eigenvalue weighted by Gasteiger charge is -2.02. The van der Waals surface area contributed by atoms with Crippen molar-refractivity contribution in [2.24, 2.45) is 0 Å². The minimum atomic E-state index is 0.712. The third-order valence-corrected chi connectivity index (χ3v) is 1.42. The first-order chi connectivity index (χ1) is 4.86. The lowest BCUT2D eigenvalue weighted by molar-refractivity contribution is 0.513. The Morgan fingerprint density at radius 1 is 1.70 bits per heavy atom. The zero-order valence-corrected chi connectivity index (χ0v) is 5.72. The molecule has 0 saturated heterocycles. The van der Waals surface area contributed by atoms with Gasteiger partial charge in [0.2, 0.25) is 0 Å². The SMILES string of the molecule is Cc1nc2c(o1)C=CCN2. The molecule has 1 aliphatic heterocycles. The van der Waals surface area contributed by atoms with E-state index >= 15 is 0 Å². The predicted octanol–water partition coefficient (Wildman–Crippen LogP) is 1.42. The Morgan fingerprint density at radius 3 is 3.40 bits per heavy atom. The number of aromatic nitrogens is 1. The van der Waals surface area contributed by atoms with Gasteiger partial charge < -0.3 is 9.73 Å². The Hall–Kier alpha value is -1.25. The fourth-order valence-electron chi connectivity index (χ4n) is 1.00. The number of nitrogens with one attached hydrogen (secondary N) is 1. The molecule has 2 rings (SSSR count). The van der Waals surface area contributed by atoms with E-state index < -0.39 is 0 Å². The molecule has 0 aliphatic carbocycles. The molecule has 0 unspecified atom stereocenters. The van der Waals surface area contributed by atoms with Crippen molar-refractivity contribution in [3.05, 3.63) is 17.7 Å². The van der Waals surface area contributed by atoms with Crippen LogP contribution in [0, 0.1) is 6.92 Å². The molecule has 0 atom stereocenters. The van der Waals surface area contributed by atoms with E-state index in [1.807, 2.05) is 19.1 Å². The molecule has 0 saturated carbocycles. The summed E-state index contributed by atoms with van der Waals surface area (Å²) in [4.78, 5) is 4.12. The zero-order valence-electron chi connectivity index (χ0n) is 5.72. The minimum Gasteiger partial charge on any atom is -0.439 e. The van der Waals surface area contributed by atoms with Gasteiger partial charge in [-0.1, -0.05) is 6.08 Å². The Morgan fingerprint density at radius 2 is 2.60 bits per heavy atom. The molecule has 0 amide bonds. The lowest BCUT2D eigenvalue weighted by Crippen LogP contribution is -2.02. The van der Waals surface area contributed by atoms with Crippen LogP contribution in [-0.2, 0) is 0 Å². The second kappa shape index (κ2) is 1.87. The summed E-state index contributed by atoms with van der Waals surface area (Å²) < 4.78 is 5.25. The van der Waals surface area contributed by atoms with E-state index in [9.17, 15) is 0 Å². The summed E-state index contributed by atoms with van der Waals surface area (Å²) in [5, 5.41) is 3.09. The van der Waals surface area contributed by atoms with Crippen LogP contribution < -0.4 is 5.32 Å². The molecule has 1 aliphatic rings. The van der Waals surface area contributed by atoms with Crippen molar-refractivity contribution >= 4 is 11.9 Å². The van der Waals surface area contributed by atoms with Crippen LogP contribution in [0.1, 0.15) is 11.7 Å². The van der Waals surface area contributed by atoms with Gasteiger partial charge in [0.1, 0.15) is 0 Å². The average Bonchev–Trinajstić information content (AvgIpc) is 2.27. The summed E-state index contributed by atoms with van der Waals surface area (Å²) in [6, 6.07) is 0. The number of rotatable bonds is 0. The number of oxazole rings is 1. The van der Waals surface area contributed by atoms with Gasteiger partial charge in [-0.15, -0.1) is 0 Å². The van der Waals surface area contributed by atoms with Crippen molar-refractivity contribution in [3.63, 3.8) is 0 Å². The number of hydrogen-bond acceptors (Lipinski definition) is 3. The molecular weight excluding hydrogens is 128 g/mol. The van der Waals surface area contributed by atoms with Crippen molar-refractivity contribution in [1.82, 2.24) is 4.98 Å². The van der Waals surface area contributed by atoms with Crippen LogP contribution in [0.5, 0.6) is 0 Å². The molecule has 1 aromatic heterocycles. The average molecular weight is 136 g/mol. The van der Waals surface area contributed by atoms with E-state index in [0.717, 1.165) is 18.1 Å². The standard InChI is InChI=1S/C7H8N2O/c1-5-9-7-6(10-5)3-2-4-8-7/h2-3,8H,4H2,1H3. The highest BCUT2D eigenvalue weighted by molar-refractivity contribution is 5.61. The molecule has 10 heavy (non-hydrogen) atoms. The van der Waals surface area contributed by atoms with Gasteiger partial charge in [-0.05, 0) is 6.08 Å². The highest BCUT2D eigenvalue weighted by Crippen LogP contribution is 2.19. The maximum absolute atomic E-state index is 5.25. The molecule has 2 heterocycles. The Bertz CT molecular complexity index is 275. The van der Waals surface area contributed by atoms with Gasteiger partial charge in [-0.3, -0.25) is 0 Å². The Labute approximate surface area is 58.8 Å². The van der Waals surface area contributed by atoms with Crippen LogP contribution in [0.25, 0.3) is 6.08 Å². The smallest absolute Gasteiger partial charge is 0.193 e. The van der Waals surface area contributed by atoms with Crippen molar-refractivity contribution in [1.29, 1.82) is 0 Å². The van der Waals surface area contributed by atoms with Gasteiger partial charge in [0.05, 0.1) is 0 Å². The van der Waals surface area contributed by atoms with Crippen molar-refractivity contribution in [3.8, 4) is 0 Å². The van der Waals surface area contributed by atoms with Crippen LogP contribution in [0.2, 0.25) is 0 Å². The van der Waals surface area contributed by atoms with Crippen LogP contribution in [0.3, 0.4) is 0 Å². The van der Waals surface area contributed by atoms with E-state index in [1.165, 1.54) is 0 Å². The van der Waals surface area contributed by atoms with Crippen LogP contribution in [-0.4, -0.2) is 11.5 Å². The van der Waals surface area contributed by atoms with E-state index in [-0.39, 0.29) is 0 Å². The Kier molecular flexibility index (Phi) is 1.03. The van der Waals surface area contributed by atoms with E-state index in [4.69, 9.17) is 4.42 Å². The first kappa shape index (κ1) is 5.53. The quantitative estimate of drug-likeness (QED) is 0.586. The summed E-state index contributed by atoms with van der Waals surface area (Å²) in [7, 11) is 0. The molecule has 1 aromatic rings. The van der Waals surface area contributed by atoms with Gasteiger partial charge in [0.15, 0.2) is 17.5 Å². The van der Waals surface area contributed by atoms with Gasteiger partial charge in [0, 0.05) is 13.5 Å². The molecule has 3 heteroatoms. The third kappa shape index (κ3) is 0.708. The van der Waals surface area contributed by atoms with Crippen LogP contribution in [0.15, 0.2) is 10.5 Å². The van der Waals surface area contributed by atoms with Gasteiger partial charge in [-0.25, -0.2) is 0 Å².